The Hall–Kier alpha value is -1.11. The molecule has 8 rings (SSSR count). The second-order valence-corrected chi connectivity index (χ2v) is 18.4. The first-order chi connectivity index (χ1) is 21.8. The Labute approximate surface area is 278 Å². The zero-order valence-electron chi connectivity index (χ0n) is 29.3. The van der Waals surface area contributed by atoms with E-state index in [1.54, 1.807) is 0 Å². The van der Waals surface area contributed by atoms with Crippen molar-refractivity contribution in [3.63, 3.8) is 0 Å². The lowest BCUT2D eigenvalue weighted by Crippen LogP contribution is -2.58. The zero-order valence-corrected chi connectivity index (χ0v) is 29.3. The first kappa shape index (κ1) is 33.1. The lowest BCUT2D eigenvalue weighted by Gasteiger charge is -2.60. The second kappa shape index (κ2) is 9.81. The van der Waals surface area contributed by atoms with Gasteiger partial charge in [0, 0.05) is 18.3 Å². The Morgan fingerprint density at radius 3 is 2.45 bits per heavy atom. The van der Waals surface area contributed by atoms with E-state index in [0.717, 1.165) is 44.9 Å². The molecule has 5 aliphatic carbocycles. The molecule has 0 aromatic rings. The van der Waals surface area contributed by atoms with Crippen LogP contribution in [0.5, 0.6) is 0 Å². The van der Waals surface area contributed by atoms with Crippen molar-refractivity contribution in [2.45, 2.75) is 161 Å². The molecule has 2 bridgehead atoms. The van der Waals surface area contributed by atoms with Crippen LogP contribution < -0.4 is 0 Å². The highest BCUT2D eigenvalue weighted by atomic mass is 16.8. The van der Waals surface area contributed by atoms with E-state index in [4.69, 9.17) is 23.7 Å². The summed E-state index contributed by atoms with van der Waals surface area (Å²) in [6, 6.07) is 0. The van der Waals surface area contributed by atoms with Crippen LogP contribution in [0.25, 0.3) is 0 Å². The number of hydrogen-bond donors (Lipinski definition) is 4. The molecular weight excluding hydrogens is 604 g/mol. The summed E-state index contributed by atoms with van der Waals surface area (Å²) in [6.45, 7) is 16.6. The number of carbonyl (C=O) groups is 1. The standard InChI is InChI=1S/C37H56O10/c1-18-15-21-28(32(5,6)45-19(2)38)47-37(46-21)27(18)33(7)13-14-36-17-35(36)12-11-24(44-29-26(41)25(40)20(39)16-43-29)31(3,4)22(35)9-10-23(36)34(33,8)30(37)42/h10,18,20-22,24-30,39-42H,9,11-17H2,1-8H3/t18-,20+,21-,22-,24+,25+,26-,27-,28+,29+,30+,33-,34-,35-,36+,37+/m1/s1. The first-order valence-electron chi connectivity index (χ1n) is 18.1. The van der Waals surface area contributed by atoms with E-state index < -0.39 is 53.6 Å². The molecule has 16 atom stereocenters. The maximum absolute atomic E-state index is 12.8. The van der Waals surface area contributed by atoms with Crippen LogP contribution in [0.2, 0.25) is 0 Å². The Kier molecular flexibility index (Phi) is 6.90. The highest BCUT2D eigenvalue weighted by molar-refractivity contribution is 5.66. The summed E-state index contributed by atoms with van der Waals surface area (Å²) in [7, 11) is 0. The topological polar surface area (TPSA) is 144 Å². The van der Waals surface area contributed by atoms with Crippen molar-refractivity contribution in [1.82, 2.24) is 0 Å². The van der Waals surface area contributed by atoms with Gasteiger partial charge >= 0.3 is 5.97 Å². The zero-order chi connectivity index (χ0) is 33.9. The molecule has 47 heavy (non-hydrogen) atoms. The molecule has 3 aliphatic heterocycles. The molecule has 3 heterocycles. The molecule has 10 nitrogen and oxygen atoms in total. The minimum atomic E-state index is -1.31. The molecule has 0 unspecified atom stereocenters. The minimum absolute atomic E-state index is 0.00363. The average molecular weight is 661 g/mol. The van der Waals surface area contributed by atoms with E-state index in [9.17, 15) is 25.2 Å². The summed E-state index contributed by atoms with van der Waals surface area (Å²) in [5, 5.41) is 43.6. The third-order valence-corrected chi connectivity index (χ3v) is 15.6. The summed E-state index contributed by atoms with van der Waals surface area (Å²) >= 11 is 0. The van der Waals surface area contributed by atoms with Gasteiger partial charge in [0.05, 0.1) is 18.8 Å². The van der Waals surface area contributed by atoms with Gasteiger partial charge in [0.2, 0.25) is 0 Å². The van der Waals surface area contributed by atoms with Gasteiger partial charge in [0.1, 0.15) is 36.1 Å². The Morgan fingerprint density at radius 1 is 1.02 bits per heavy atom. The molecule has 0 radical (unpaired) electrons. The molecule has 4 saturated carbocycles. The van der Waals surface area contributed by atoms with Gasteiger partial charge in [0.15, 0.2) is 12.1 Å². The number of fused-ring (bicyclic) bond motifs is 4. The molecule has 3 saturated heterocycles. The van der Waals surface area contributed by atoms with E-state index in [1.165, 1.54) is 12.5 Å². The SMILES string of the molecule is CC(=O)OC(C)(C)[C@H]1O[C@@]23O[C@@H]1C[C@@H](C)[C@@H]2[C@@]1(C)CC[C@@]24C[C@@]25CC[C@H](O[C@@H]2OC[C@H](O)[C@H](O)[C@H]2O)C(C)(C)[C@H]5CC=C4[C@]1(C)[C@@H]3O. The van der Waals surface area contributed by atoms with Crippen LogP contribution in [0.3, 0.4) is 0 Å². The summed E-state index contributed by atoms with van der Waals surface area (Å²) in [6.07, 6.45) is 2.55. The van der Waals surface area contributed by atoms with Gasteiger partial charge in [-0.25, -0.2) is 0 Å². The van der Waals surface area contributed by atoms with Gasteiger partial charge in [-0.3, -0.25) is 4.79 Å². The van der Waals surface area contributed by atoms with E-state index in [-0.39, 0.29) is 58.3 Å². The van der Waals surface area contributed by atoms with E-state index in [2.05, 4.69) is 40.7 Å². The summed E-state index contributed by atoms with van der Waals surface area (Å²) < 4.78 is 31.8. The number of carbonyl (C=O) groups excluding carboxylic acids is 1. The Balaban J connectivity index is 1.12. The van der Waals surface area contributed by atoms with Crippen LogP contribution in [0.15, 0.2) is 11.6 Å². The Bertz CT molecular complexity index is 1380. The molecule has 3 spiro atoms. The van der Waals surface area contributed by atoms with Gasteiger partial charge in [-0.15, -0.1) is 0 Å². The van der Waals surface area contributed by atoms with Crippen LogP contribution in [0.4, 0.5) is 0 Å². The summed E-state index contributed by atoms with van der Waals surface area (Å²) in [5.74, 6) is -0.922. The third-order valence-electron chi connectivity index (χ3n) is 15.6. The largest absolute Gasteiger partial charge is 0.457 e. The number of esters is 1. The van der Waals surface area contributed by atoms with Crippen molar-refractivity contribution in [2.24, 2.45) is 44.8 Å². The smallest absolute Gasteiger partial charge is 0.303 e. The molecular formula is C37H56O10. The molecule has 10 heteroatoms. The minimum Gasteiger partial charge on any atom is -0.457 e. The van der Waals surface area contributed by atoms with Crippen LogP contribution in [-0.2, 0) is 28.5 Å². The van der Waals surface area contributed by atoms with Crippen molar-refractivity contribution >= 4 is 5.97 Å². The molecule has 4 N–H and O–H groups in total. The molecule has 264 valence electrons. The lowest BCUT2D eigenvalue weighted by atomic mass is 9.44. The van der Waals surface area contributed by atoms with E-state index in [1.807, 2.05) is 13.8 Å². The Morgan fingerprint density at radius 2 is 1.74 bits per heavy atom. The maximum atomic E-state index is 12.8. The van der Waals surface area contributed by atoms with Crippen molar-refractivity contribution in [2.75, 3.05) is 6.61 Å². The van der Waals surface area contributed by atoms with Crippen molar-refractivity contribution < 1.29 is 48.9 Å². The molecule has 0 aromatic heterocycles. The van der Waals surface area contributed by atoms with Crippen molar-refractivity contribution in [3.8, 4) is 0 Å². The summed E-state index contributed by atoms with van der Waals surface area (Å²) in [4.78, 5) is 12.1. The van der Waals surface area contributed by atoms with Gasteiger partial charge in [0.25, 0.3) is 0 Å². The number of aliphatic hydroxyl groups excluding tert-OH is 4. The fraction of sp³-hybridized carbons (Fsp3) is 0.919. The van der Waals surface area contributed by atoms with Gasteiger partial charge in [-0.05, 0) is 92.3 Å². The number of ether oxygens (including phenoxy) is 5. The highest BCUT2D eigenvalue weighted by Gasteiger charge is 2.86. The quantitative estimate of drug-likeness (QED) is 0.261. The van der Waals surface area contributed by atoms with Gasteiger partial charge < -0.3 is 44.1 Å². The normalized spacial score (nSPS) is 57.1. The second-order valence-electron chi connectivity index (χ2n) is 18.4. The third kappa shape index (κ3) is 3.83. The van der Waals surface area contributed by atoms with Crippen molar-refractivity contribution in [1.29, 1.82) is 0 Å². The molecule has 0 aromatic carbocycles. The van der Waals surface area contributed by atoms with E-state index >= 15 is 0 Å². The average Bonchev–Trinajstić information content (AvgIpc) is 3.49. The maximum Gasteiger partial charge on any atom is 0.303 e. The van der Waals surface area contributed by atoms with E-state index in [0.29, 0.717) is 5.92 Å². The number of allylic oxidation sites excluding steroid dienone is 1. The van der Waals surface area contributed by atoms with Crippen LogP contribution in [-0.4, -0.2) is 93.4 Å². The summed E-state index contributed by atoms with van der Waals surface area (Å²) in [5.41, 5.74) is -0.442. The fourth-order valence-corrected chi connectivity index (χ4v) is 13.5. The predicted molar refractivity (Wildman–Crippen MR) is 168 cm³/mol. The lowest BCUT2D eigenvalue weighted by molar-refractivity contribution is -0.300. The van der Waals surface area contributed by atoms with Gasteiger partial charge in [-0.1, -0.05) is 46.3 Å². The number of aliphatic hydroxyl groups is 4. The number of rotatable bonds is 4. The van der Waals surface area contributed by atoms with Gasteiger partial charge in [-0.2, -0.15) is 0 Å². The fourth-order valence-electron chi connectivity index (χ4n) is 13.5. The first-order valence-corrected chi connectivity index (χ1v) is 18.1. The number of hydrogen-bond acceptors (Lipinski definition) is 10. The molecule has 0 amide bonds. The van der Waals surface area contributed by atoms with Crippen molar-refractivity contribution in [3.05, 3.63) is 11.6 Å². The molecule has 7 fully saturated rings. The highest BCUT2D eigenvalue weighted by Crippen LogP contribution is 2.89. The van der Waals surface area contributed by atoms with Crippen LogP contribution in [0, 0.1) is 44.8 Å². The predicted octanol–water partition coefficient (Wildman–Crippen LogP) is 3.61. The van der Waals surface area contributed by atoms with Crippen LogP contribution >= 0.6 is 0 Å². The van der Waals surface area contributed by atoms with Crippen LogP contribution in [0.1, 0.15) is 100 Å². The molecule has 8 aliphatic rings. The monoisotopic (exact) mass is 660 g/mol.